The number of carbonyl (C=O) groups is 2. The second-order valence-electron chi connectivity index (χ2n) is 4.95. The average Bonchev–Trinajstić information content (AvgIpc) is 2.92. The number of carbonyl (C=O) groups excluding carboxylic acids is 2. The van der Waals surface area contributed by atoms with E-state index in [1.54, 1.807) is 6.92 Å². The van der Waals surface area contributed by atoms with Crippen molar-refractivity contribution in [3.8, 4) is 5.75 Å². The lowest BCUT2D eigenvalue weighted by Gasteiger charge is -2.10. The average molecular weight is 302 g/mol. The topological polar surface area (TPSA) is 80.6 Å². The first-order chi connectivity index (χ1) is 10.5. The molecular formula is C16H18N2O4. The van der Waals surface area contributed by atoms with Gasteiger partial charge in [0.05, 0.1) is 11.8 Å². The van der Waals surface area contributed by atoms with Gasteiger partial charge in [-0.3, -0.25) is 20.4 Å². The summed E-state index contributed by atoms with van der Waals surface area (Å²) in [5, 5.41) is 0. The standard InChI is InChI=1S/C16H18N2O4/c1-10-4-5-11(2)14(8-10)22-9-15(19)17-18-16(20)13-6-7-21-12(13)3/h4-8H,9H2,1-3H3,(H,17,19)(H,18,20). The van der Waals surface area contributed by atoms with E-state index in [0.717, 1.165) is 11.1 Å². The van der Waals surface area contributed by atoms with Crippen LogP contribution in [0, 0.1) is 20.8 Å². The van der Waals surface area contributed by atoms with Gasteiger partial charge < -0.3 is 9.15 Å². The van der Waals surface area contributed by atoms with Gasteiger partial charge in [-0.25, -0.2) is 0 Å². The van der Waals surface area contributed by atoms with E-state index in [0.29, 0.717) is 17.1 Å². The molecule has 0 aliphatic heterocycles. The summed E-state index contributed by atoms with van der Waals surface area (Å²) in [5.41, 5.74) is 6.96. The summed E-state index contributed by atoms with van der Waals surface area (Å²) in [6.45, 7) is 5.32. The van der Waals surface area contributed by atoms with E-state index in [9.17, 15) is 9.59 Å². The highest BCUT2D eigenvalue weighted by Crippen LogP contribution is 2.18. The molecule has 0 saturated heterocycles. The van der Waals surface area contributed by atoms with Crippen LogP contribution in [0.2, 0.25) is 0 Å². The fraction of sp³-hybridized carbons (Fsp3) is 0.250. The number of nitrogens with one attached hydrogen (secondary N) is 2. The van der Waals surface area contributed by atoms with Crippen LogP contribution in [0.3, 0.4) is 0 Å². The summed E-state index contributed by atoms with van der Waals surface area (Å²) in [6, 6.07) is 7.28. The molecule has 6 nitrogen and oxygen atoms in total. The summed E-state index contributed by atoms with van der Waals surface area (Å²) in [4.78, 5) is 23.5. The first kappa shape index (κ1) is 15.6. The molecule has 2 amide bonds. The minimum atomic E-state index is -0.449. The largest absolute Gasteiger partial charge is 0.483 e. The van der Waals surface area contributed by atoms with Crippen molar-refractivity contribution in [3.05, 3.63) is 53.0 Å². The third kappa shape index (κ3) is 3.88. The monoisotopic (exact) mass is 302 g/mol. The molecule has 0 atom stereocenters. The van der Waals surface area contributed by atoms with Crippen LogP contribution in [0.5, 0.6) is 5.75 Å². The van der Waals surface area contributed by atoms with Crippen molar-refractivity contribution in [2.24, 2.45) is 0 Å². The number of ether oxygens (including phenoxy) is 1. The maximum Gasteiger partial charge on any atom is 0.276 e. The minimum Gasteiger partial charge on any atom is -0.483 e. The van der Waals surface area contributed by atoms with Gasteiger partial charge in [0.1, 0.15) is 11.5 Å². The molecule has 116 valence electrons. The van der Waals surface area contributed by atoms with Gasteiger partial charge in [-0.2, -0.15) is 0 Å². The predicted molar refractivity (Wildman–Crippen MR) is 80.5 cm³/mol. The number of amides is 2. The molecule has 0 spiro atoms. The van der Waals surface area contributed by atoms with E-state index in [-0.39, 0.29) is 6.61 Å². The van der Waals surface area contributed by atoms with E-state index in [4.69, 9.17) is 9.15 Å². The SMILES string of the molecule is Cc1ccc(C)c(OCC(=O)NNC(=O)c2ccoc2C)c1. The van der Waals surface area contributed by atoms with Gasteiger partial charge in [0.15, 0.2) is 6.61 Å². The first-order valence-electron chi connectivity index (χ1n) is 6.80. The van der Waals surface area contributed by atoms with E-state index in [2.05, 4.69) is 10.9 Å². The molecule has 0 fully saturated rings. The van der Waals surface area contributed by atoms with Crippen LogP contribution in [0.15, 0.2) is 34.9 Å². The van der Waals surface area contributed by atoms with Crippen LogP contribution < -0.4 is 15.6 Å². The van der Waals surface area contributed by atoms with E-state index in [1.165, 1.54) is 12.3 Å². The van der Waals surface area contributed by atoms with Gasteiger partial charge in [0, 0.05) is 0 Å². The summed E-state index contributed by atoms with van der Waals surface area (Å²) < 4.78 is 10.5. The minimum absolute atomic E-state index is 0.186. The van der Waals surface area contributed by atoms with Gasteiger partial charge in [0.2, 0.25) is 0 Å². The molecule has 1 heterocycles. The molecule has 0 saturated carbocycles. The Labute approximate surface area is 128 Å². The van der Waals surface area contributed by atoms with Gasteiger partial charge in [-0.05, 0) is 44.0 Å². The second-order valence-corrected chi connectivity index (χ2v) is 4.95. The molecular weight excluding hydrogens is 284 g/mol. The van der Waals surface area contributed by atoms with Crippen LogP contribution in [-0.4, -0.2) is 18.4 Å². The van der Waals surface area contributed by atoms with Crippen molar-refractivity contribution in [1.29, 1.82) is 0 Å². The highest BCUT2D eigenvalue weighted by atomic mass is 16.5. The number of hydrogen-bond donors (Lipinski definition) is 2. The van der Waals surface area contributed by atoms with E-state index < -0.39 is 11.8 Å². The van der Waals surface area contributed by atoms with E-state index in [1.807, 2.05) is 32.0 Å². The van der Waals surface area contributed by atoms with Crippen molar-refractivity contribution in [1.82, 2.24) is 10.9 Å². The van der Waals surface area contributed by atoms with Crippen molar-refractivity contribution in [2.45, 2.75) is 20.8 Å². The Morgan fingerprint density at radius 1 is 1.14 bits per heavy atom. The highest BCUT2D eigenvalue weighted by Gasteiger charge is 2.12. The molecule has 0 radical (unpaired) electrons. The quantitative estimate of drug-likeness (QED) is 0.847. The Balaban J connectivity index is 1.82. The Morgan fingerprint density at radius 3 is 2.59 bits per heavy atom. The first-order valence-corrected chi connectivity index (χ1v) is 6.80. The van der Waals surface area contributed by atoms with Gasteiger partial charge in [-0.1, -0.05) is 12.1 Å². The number of hydrazine groups is 1. The second kappa shape index (κ2) is 6.80. The zero-order valence-corrected chi connectivity index (χ0v) is 12.7. The summed E-state index contributed by atoms with van der Waals surface area (Å²) in [5.74, 6) is 0.243. The van der Waals surface area contributed by atoms with Gasteiger partial charge >= 0.3 is 0 Å². The van der Waals surface area contributed by atoms with Crippen molar-refractivity contribution in [3.63, 3.8) is 0 Å². The maximum atomic E-state index is 11.8. The third-order valence-corrected chi connectivity index (χ3v) is 3.12. The Kier molecular flexibility index (Phi) is 4.83. The number of furan rings is 1. The van der Waals surface area contributed by atoms with Gasteiger partial charge in [-0.15, -0.1) is 0 Å². The molecule has 0 bridgehead atoms. The van der Waals surface area contributed by atoms with Crippen LogP contribution in [-0.2, 0) is 4.79 Å². The molecule has 6 heteroatoms. The maximum absolute atomic E-state index is 11.8. The summed E-state index contributed by atoms with van der Waals surface area (Å²) in [6.07, 6.45) is 1.41. The van der Waals surface area contributed by atoms with Crippen LogP contribution in [0.25, 0.3) is 0 Å². The number of benzene rings is 1. The third-order valence-electron chi connectivity index (χ3n) is 3.12. The zero-order chi connectivity index (χ0) is 16.1. The molecule has 2 N–H and O–H groups in total. The fourth-order valence-electron chi connectivity index (χ4n) is 1.86. The van der Waals surface area contributed by atoms with Crippen molar-refractivity contribution in [2.75, 3.05) is 6.61 Å². The molecule has 0 unspecified atom stereocenters. The molecule has 22 heavy (non-hydrogen) atoms. The molecule has 1 aromatic carbocycles. The van der Waals surface area contributed by atoms with E-state index >= 15 is 0 Å². The van der Waals surface area contributed by atoms with Crippen LogP contribution >= 0.6 is 0 Å². The fourth-order valence-corrected chi connectivity index (χ4v) is 1.86. The Bertz CT molecular complexity index is 691. The lowest BCUT2D eigenvalue weighted by molar-refractivity contribution is -0.123. The highest BCUT2D eigenvalue weighted by molar-refractivity contribution is 5.96. The Hall–Kier alpha value is -2.76. The molecule has 2 aromatic rings. The normalized spacial score (nSPS) is 10.1. The number of aryl methyl sites for hydroxylation is 3. The van der Waals surface area contributed by atoms with Crippen molar-refractivity contribution >= 4 is 11.8 Å². The number of hydrogen-bond acceptors (Lipinski definition) is 4. The molecule has 0 aliphatic rings. The summed E-state index contributed by atoms with van der Waals surface area (Å²) in [7, 11) is 0. The smallest absolute Gasteiger partial charge is 0.276 e. The predicted octanol–water partition coefficient (Wildman–Crippen LogP) is 2.04. The molecule has 2 rings (SSSR count). The molecule has 0 aliphatic carbocycles. The van der Waals surface area contributed by atoms with Crippen molar-refractivity contribution < 1.29 is 18.7 Å². The Morgan fingerprint density at radius 2 is 1.91 bits per heavy atom. The molecule has 1 aromatic heterocycles. The number of rotatable bonds is 4. The van der Waals surface area contributed by atoms with Gasteiger partial charge in [0.25, 0.3) is 11.8 Å². The lowest BCUT2D eigenvalue weighted by atomic mass is 10.1. The van der Waals surface area contributed by atoms with Crippen LogP contribution in [0.1, 0.15) is 27.2 Å². The zero-order valence-electron chi connectivity index (χ0n) is 12.7. The summed E-state index contributed by atoms with van der Waals surface area (Å²) >= 11 is 0. The lowest BCUT2D eigenvalue weighted by Crippen LogP contribution is -2.43. The van der Waals surface area contributed by atoms with Crippen LogP contribution in [0.4, 0.5) is 0 Å².